The van der Waals surface area contributed by atoms with E-state index in [1.165, 1.54) is 0 Å². The van der Waals surface area contributed by atoms with Crippen LogP contribution in [0.3, 0.4) is 0 Å². The molecular formula is C14H20N4O2. The second-order valence-corrected chi connectivity index (χ2v) is 4.35. The Balaban J connectivity index is 2.52. The lowest BCUT2D eigenvalue weighted by Gasteiger charge is -2.23. The average molecular weight is 276 g/mol. The number of aromatic nitrogens is 2. The molecule has 1 heterocycles. The molecule has 0 fully saturated rings. The Morgan fingerprint density at radius 1 is 1.10 bits per heavy atom. The van der Waals surface area contributed by atoms with Gasteiger partial charge in [0.2, 0.25) is 5.95 Å². The summed E-state index contributed by atoms with van der Waals surface area (Å²) in [6, 6.07) is 7.73. The van der Waals surface area contributed by atoms with Crippen LogP contribution < -0.4 is 10.2 Å². The van der Waals surface area contributed by atoms with E-state index in [1.54, 1.807) is 0 Å². The minimum Gasteiger partial charge on any atom is -0.395 e. The van der Waals surface area contributed by atoms with Crippen molar-refractivity contribution in [1.29, 1.82) is 0 Å². The summed E-state index contributed by atoms with van der Waals surface area (Å²) >= 11 is 0. The zero-order chi connectivity index (χ0) is 14.4. The van der Waals surface area contributed by atoms with Crippen molar-refractivity contribution < 1.29 is 10.2 Å². The highest BCUT2D eigenvalue weighted by Gasteiger charge is 2.13. The van der Waals surface area contributed by atoms with Gasteiger partial charge in [-0.2, -0.15) is 4.98 Å². The maximum atomic E-state index is 9.19. The van der Waals surface area contributed by atoms with Gasteiger partial charge in [0.05, 0.1) is 18.7 Å². The van der Waals surface area contributed by atoms with Crippen LogP contribution in [0.25, 0.3) is 10.9 Å². The zero-order valence-corrected chi connectivity index (χ0v) is 11.6. The van der Waals surface area contributed by atoms with Crippen LogP contribution in [0.15, 0.2) is 24.3 Å². The molecule has 0 amide bonds. The number of para-hydroxylation sites is 1. The van der Waals surface area contributed by atoms with Crippen LogP contribution in [0.1, 0.15) is 6.92 Å². The normalized spacial score (nSPS) is 10.8. The first-order valence-electron chi connectivity index (χ1n) is 6.77. The van der Waals surface area contributed by atoms with E-state index in [1.807, 2.05) is 36.1 Å². The molecule has 0 aliphatic heterocycles. The summed E-state index contributed by atoms with van der Waals surface area (Å²) in [6.45, 7) is 3.58. The number of nitrogens with zero attached hydrogens (tertiary/aromatic N) is 3. The summed E-state index contributed by atoms with van der Waals surface area (Å²) in [5, 5.41) is 22.4. The minimum atomic E-state index is 0.00880. The number of hydrogen-bond acceptors (Lipinski definition) is 6. The van der Waals surface area contributed by atoms with Gasteiger partial charge in [-0.1, -0.05) is 12.1 Å². The quantitative estimate of drug-likeness (QED) is 0.695. The molecule has 0 aliphatic carbocycles. The molecule has 20 heavy (non-hydrogen) atoms. The zero-order valence-electron chi connectivity index (χ0n) is 11.6. The number of aliphatic hydroxyl groups excluding tert-OH is 2. The van der Waals surface area contributed by atoms with Gasteiger partial charge in [0.25, 0.3) is 0 Å². The summed E-state index contributed by atoms with van der Waals surface area (Å²) < 4.78 is 0. The lowest BCUT2D eigenvalue weighted by atomic mass is 10.2. The Kier molecular flexibility index (Phi) is 5.09. The molecular weight excluding hydrogens is 256 g/mol. The summed E-state index contributed by atoms with van der Waals surface area (Å²) in [6.07, 6.45) is 0. The van der Waals surface area contributed by atoms with Crippen LogP contribution in [0, 0.1) is 0 Å². The molecule has 0 saturated heterocycles. The predicted octanol–water partition coefficient (Wildman–Crippen LogP) is 0.853. The van der Waals surface area contributed by atoms with Crippen molar-refractivity contribution in [3.8, 4) is 0 Å². The third kappa shape index (κ3) is 3.15. The molecule has 0 atom stereocenters. The number of aliphatic hydroxyl groups is 2. The van der Waals surface area contributed by atoms with Gasteiger partial charge in [0.15, 0.2) is 0 Å². The van der Waals surface area contributed by atoms with Gasteiger partial charge in [-0.3, -0.25) is 0 Å². The predicted molar refractivity (Wildman–Crippen MR) is 80.1 cm³/mol. The maximum absolute atomic E-state index is 9.19. The Hall–Kier alpha value is -1.92. The topological polar surface area (TPSA) is 81.5 Å². The van der Waals surface area contributed by atoms with Gasteiger partial charge >= 0.3 is 0 Å². The number of fused-ring (bicyclic) bond motifs is 1. The molecule has 0 bridgehead atoms. The third-order valence-corrected chi connectivity index (χ3v) is 2.96. The first-order valence-corrected chi connectivity index (χ1v) is 6.77. The van der Waals surface area contributed by atoms with Crippen molar-refractivity contribution in [3.05, 3.63) is 24.3 Å². The van der Waals surface area contributed by atoms with Crippen molar-refractivity contribution in [2.24, 2.45) is 0 Å². The van der Waals surface area contributed by atoms with Gasteiger partial charge < -0.3 is 20.4 Å². The van der Waals surface area contributed by atoms with Gasteiger partial charge in [-0.15, -0.1) is 0 Å². The second kappa shape index (κ2) is 7.02. The summed E-state index contributed by atoms with van der Waals surface area (Å²) in [5.41, 5.74) is 0.842. The molecule has 6 nitrogen and oxygen atoms in total. The highest BCUT2D eigenvalue weighted by Crippen LogP contribution is 2.24. The average Bonchev–Trinajstić information content (AvgIpc) is 2.46. The molecule has 1 aromatic heterocycles. The molecule has 0 saturated carbocycles. The number of nitrogens with one attached hydrogen (secondary N) is 1. The Labute approximate surface area is 118 Å². The van der Waals surface area contributed by atoms with E-state index in [4.69, 9.17) is 0 Å². The van der Waals surface area contributed by atoms with Crippen LogP contribution in [-0.4, -0.2) is 53.0 Å². The first-order chi connectivity index (χ1) is 9.80. The van der Waals surface area contributed by atoms with Gasteiger partial charge in [-0.05, 0) is 19.1 Å². The van der Waals surface area contributed by atoms with E-state index in [2.05, 4.69) is 15.3 Å². The molecule has 2 aromatic rings. The standard InChI is InChI=1S/C14H20N4O2/c1-2-15-14-16-12-6-4-3-5-11(12)13(17-14)18(7-9-19)8-10-20/h3-6,19-20H,2,7-10H2,1H3,(H,15,16,17). The third-order valence-electron chi connectivity index (χ3n) is 2.96. The van der Waals surface area contributed by atoms with E-state index in [9.17, 15) is 10.2 Å². The number of benzene rings is 1. The van der Waals surface area contributed by atoms with Gasteiger partial charge in [0.1, 0.15) is 5.82 Å². The van der Waals surface area contributed by atoms with Crippen LogP contribution in [0.2, 0.25) is 0 Å². The smallest absolute Gasteiger partial charge is 0.225 e. The number of hydrogen-bond donors (Lipinski definition) is 3. The van der Waals surface area contributed by atoms with Gasteiger partial charge in [-0.25, -0.2) is 4.98 Å². The van der Waals surface area contributed by atoms with E-state index in [0.29, 0.717) is 19.0 Å². The molecule has 0 radical (unpaired) electrons. The molecule has 6 heteroatoms. The van der Waals surface area contributed by atoms with Crippen LogP contribution >= 0.6 is 0 Å². The largest absolute Gasteiger partial charge is 0.395 e. The lowest BCUT2D eigenvalue weighted by Crippen LogP contribution is -2.31. The Morgan fingerprint density at radius 3 is 2.45 bits per heavy atom. The first kappa shape index (κ1) is 14.5. The van der Waals surface area contributed by atoms with E-state index in [0.717, 1.165) is 23.3 Å². The van der Waals surface area contributed by atoms with Crippen molar-refractivity contribution in [1.82, 2.24) is 9.97 Å². The molecule has 108 valence electrons. The van der Waals surface area contributed by atoms with Crippen LogP contribution in [0.5, 0.6) is 0 Å². The Morgan fingerprint density at radius 2 is 1.80 bits per heavy atom. The molecule has 1 aromatic carbocycles. The molecule has 2 rings (SSSR count). The van der Waals surface area contributed by atoms with Crippen LogP contribution in [0.4, 0.5) is 11.8 Å². The summed E-state index contributed by atoms with van der Waals surface area (Å²) in [7, 11) is 0. The highest BCUT2D eigenvalue weighted by atomic mass is 16.3. The fourth-order valence-corrected chi connectivity index (χ4v) is 2.10. The Bertz CT molecular complexity index is 556. The van der Waals surface area contributed by atoms with E-state index >= 15 is 0 Å². The summed E-state index contributed by atoms with van der Waals surface area (Å²) in [5.74, 6) is 1.29. The fraction of sp³-hybridized carbons (Fsp3) is 0.429. The van der Waals surface area contributed by atoms with Crippen molar-refractivity contribution in [2.75, 3.05) is 43.1 Å². The molecule has 0 spiro atoms. The van der Waals surface area contributed by atoms with E-state index < -0.39 is 0 Å². The van der Waals surface area contributed by atoms with Crippen molar-refractivity contribution in [2.45, 2.75) is 6.92 Å². The lowest BCUT2D eigenvalue weighted by molar-refractivity contribution is 0.281. The van der Waals surface area contributed by atoms with Crippen molar-refractivity contribution >= 4 is 22.7 Å². The molecule has 3 N–H and O–H groups in total. The summed E-state index contributed by atoms with van der Waals surface area (Å²) in [4.78, 5) is 10.8. The number of rotatable bonds is 7. The van der Waals surface area contributed by atoms with E-state index in [-0.39, 0.29) is 13.2 Å². The molecule has 0 aliphatic rings. The van der Waals surface area contributed by atoms with Crippen molar-refractivity contribution in [3.63, 3.8) is 0 Å². The maximum Gasteiger partial charge on any atom is 0.225 e. The fourth-order valence-electron chi connectivity index (χ4n) is 2.10. The SMILES string of the molecule is CCNc1nc(N(CCO)CCO)c2ccccc2n1. The van der Waals surface area contributed by atoms with Crippen LogP contribution in [-0.2, 0) is 0 Å². The molecule has 0 unspecified atom stereocenters. The highest BCUT2D eigenvalue weighted by molar-refractivity contribution is 5.90. The monoisotopic (exact) mass is 276 g/mol. The minimum absolute atomic E-state index is 0.00880. The van der Waals surface area contributed by atoms with Gasteiger partial charge in [0, 0.05) is 25.0 Å². The number of anilines is 2. The second-order valence-electron chi connectivity index (χ2n) is 4.35.